The Balaban J connectivity index is 2.08. The largest absolute Gasteiger partial charge is 0.315 e. The minimum Gasteiger partial charge on any atom is -0.315 e. The SMILES string of the molecule is CCNCC(c1ccccc1)N1CCCSCC1. The van der Waals surface area contributed by atoms with E-state index in [-0.39, 0.29) is 0 Å². The number of nitrogens with one attached hydrogen (secondary N) is 1. The lowest BCUT2D eigenvalue weighted by Gasteiger charge is -2.31. The van der Waals surface area contributed by atoms with Crippen molar-refractivity contribution in [1.82, 2.24) is 10.2 Å². The molecule has 3 heteroatoms. The number of likely N-dealkylation sites (N-methyl/N-ethyl adjacent to an activating group) is 1. The first-order valence-corrected chi connectivity index (χ1v) is 8.14. The highest BCUT2D eigenvalue weighted by atomic mass is 32.2. The van der Waals surface area contributed by atoms with Crippen molar-refractivity contribution in [3.63, 3.8) is 0 Å². The quantitative estimate of drug-likeness (QED) is 0.880. The Morgan fingerprint density at radius 2 is 2.06 bits per heavy atom. The fourth-order valence-corrected chi connectivity index (χ4v) is 3.39. The Morgan fingerprint density at radius 3 is 2.83 bits per heavy atom. The lowest BCUT2D eigenvalue weighted by molar-refractivity contribution is 0.208. The van der Waals surface area contributed by atoms with Crippen molar-refractivity contribution in [3.05, 3.63) is 35.9 Å². The second kappa shape index (κ2) is 7.82. The molecule has 0 aromatic heterocycles. The monoisotopic (exact) mass is 264 g/mol. The maximum absolute atomic E-state index is 3.52. The van der Waals surface area contributed by atoms with Crippen LogP contribution in [0.15, 0.2) is 30.3 Å². The molecule has 1 fully saturated rings. The molecule has 1 unspecified atom stereocenters. The topological polar surface area (TPSA) is 15.3 Å². The van der Waals surface area contributed by atoms with Gasteiger partial charge in [0.25, 0.3) is 0 Å². The summed E-state index contributed by atoms with van der Waals surface area (Å²) in [5, 5.41) is 3.52. The molecule has 2 rings (SSSR count). The van der Waals surface area contributed by atoms with E-state index < -0.39 is 0 Å². The molecule has 0 bridgehead atoms. The third kappa shape index (κ3) is 4.01. The minimum atomic E-state index is 0.532. The van der Waals surface area contributed by atoms with Gasteiger partial charge in [0.05, 0.1) is 0 Å². The summed E-state index contributed by atoms with van der Waals surface area (Å²) in [6, 6.07) is 11.5. The Morgan fingerprint density at radius 1 is 1.22 bits per heavy atom. The van der Waals surface area contributed by atoms with Crippen LogP contribution in [-0.2, 0) is 0 Å². The average Bonchev–Trinajstić information content (AvgIpc) is 2.70. The molecule has 1 saturated heterocycles. The van der Waals surface area contributed by atoms with Crippen LogP contribution in [-0.4, -0.2) is 42.6 Å². The standard InChI is InChI=1S/C15H24N2S/c1-2-16-13-15(14-7-4-3-5-8-14)17-9-6-11-18-12-10-17/h3-5,7-8,15-16H,2,6,9-13H2,1H3. The van der Waals surface area contributed by atoms with E-state index in [1.165, 1.54) is 36.6 Å². The van der Waals surface area contributed by atoms with E-state index in [4.69, 9.17) is 0 Å². The molecular weight excluding hydrogens is 240 g/mol. The Hall–Kier alpha value is -0.510. The van der Waals surface area contributed by atoms with E-state index in [2.05, 4.69) is 59.2 Å². The van der Waals surface area contributed by atoms with Gasteiger partial charge in [0.2, 0.25) is 0 Å². The summed E-state index contributed by atoms with van der Waals surface area (Å²) in [5.74, 6) is 2.59. The lowest BCUT2D eigenvalue weighted by Crippen LogP contribution is -2.37. The number of hydrogen-bond acceptors (Lipinski definition) is 3. The molecule has 100 valence electrons. The Bertz CT molecular complexity index is 321. The summed E-state index contributed by atoms with van der Waals surface area (Å²) < 4.78 is 0. The minimum absolute atomic E-state index is 0.532. The normalized spacial score (nSPS) is 19.4. The molecule has 0 aliphatic carbocycles. The maximum Gasteiger partial charge on any atom is 0.0473 e. The van der Waals surface area contributed by atoms with Gasteiger partial charge < -0.3 is 5.32 Å². The highest BCUT2D eigenvalue weighted by Crippen LogP contribution is 2.23. The molecular formula is C15H24N2S. The van der Waals surface area contributed by atoms with Crippen molar-refractivity contribution in [2.24, 2.45) is 0 Å². The van der Waals surface area contributed by atoms with Gasteiger partial charge in [-0.15, -0.1) is 0 Å². The third-order valence-corrected chi connectivity index (χ3v) is 4.52. The van der Waals surface area contributed by atoms with Crippen LogP contribution in [0.25, 0.3) is 0 Å². The molecule has 1 aliphatic rings. The van der Waals surface area contributed by atoms with E-state index >= 15 is 0 Å². The predicted octanol–water partition coefficient (Wildman–Crippen LogP) is 2.78. The molecule has 0 saturated carbocycles. The Kier molecular flexibility index (Phi) is 6.05. The number of rotatable bonds is 5. The number of thioether (sulfide) groups is 1. The first-order valence-electron chi connectivity index (χ1n) is 6.99. The van der Waals surface area contributed by atoms with E-state index in [1.54, 1.807) is 0 Å². The summed E-state index contributed by atoms with van der Waals surface area (Å²) in [5.41, 5.74) is 1.45. The molecule has 1 aromatic rings. The summed E-state index contributed by atoms with van der Waals surface area (Å²) in [6.07, 6.45) is 1.32. The van der Waals surface area contributed by atoms with Crippen LogP contribution in [0, 0.1) is 0 Å². The second-order valence-corrected chi connectivity index (χ2v) is 5.96. The van der Waals surface area contributed by atoms with Crippen LogP contribution in [0.1, 0.15) is 24.9 Å². The van der Waals surface area contributed by atoms with E-state index in [9.17, 15) is 0 Å². The average molecular weight is 264 g/mol. The van der Waals surface area contributed by atoms with Crippen molar-refractivity contribution < 1.29 is 0 Å². The van der Waals surface area contributed by atoms with Gasteiger partial charge >= 0.3 is 0 Å². The first kappa shape index (κ1) is 13.9. The lowest BCUT2D eigenvalue weighted by atomic mass is 10.0. The van der Waals surface area contributed by atoms with Gasteiger partial charge in [0, 0.05) is 24.9 Å². The molecule has 1 heterocycles. The van der Waals surface area contributed by atoms with Crippen molar-refractivity contribution in [1.29, 1.82) is 0 Å². The van der Waals surface area contributed by atoms with Gasteiger partial charge in [-0.2, -0.15) is 11.8 Å². The molecule has 0 spiro atoms. The molecule has 1 aromatic carbocycles. The van der Waals surface area contributed by atoms with Gasteiger partial charge in [-0.3, -0.25) is 4.90 Å². The first-order chi connectivity index (χ1) is 8.92. The van der Waals surface area contributed by atoms with Crippen LogP contribution in [0.4, 0.5) is 0 Å². The number of hydrogen-bond donors (Lipinski definition) is 1. The molecule has 1 N–H and O–H groups in total. The predicted molar refractivity (Wildman–Crippen MR) is 81.2 cm³/mol. The van der Waals surface area contributed by atoms with Crippen LogP contribution < -0.4 is 5.32 Å². The van der Waals surface area contributed by atoms with Gasteiger partial charge in [0.1, 0.15) is 0 Å². The van der Waals surface area contributed by atoms with E-state index in [1.807, 2.05) is 0 Å². The van der Waals surface area contributed by atoms with Crippen molar-refractivity contribution in [2.45, 2.75) is 19.4 Å². The summed E-state index contributed by atoms with van der Waals surface area (Å²) in [7, 11) is 0. The van der Waals surface area contributed by atoms with Crippen LogP contribution in [0.3, 0.4) is 0 Å². The molecule has 1 atom stereocenters. The van der Waals surface area contributed by atoms with E-state index in [0.29, 0.717) is 6.04 Å². The van der Waals surface area contributed by atoms with Crippen LogP contribution >= 0.6 is 11.8 Å². The second-order valence-electron chi connectivity index (χ2n) is 4.74. The third-order valence-electron chi connectivity index (χ3n) is 3.47. The van der Waals surface area contributed by atoms with Gasteiger partial charge in [0.15, 0.2) is 0 Å². The smallest absolute Gasteiger partial charge is 0.0473 e. The van der Waals surface area contributed by atoms with Gasteiger partial charge in [-0.1, -0.05) is 37.3 Å². The van der Waals surface area contributed by atoms with Crippen molar-refractivity contribution in [2.75, 3.05) is 37.7 Å². The number of nitrogens with zero attached hydrogens (tertiary/aromatic N) is 1. The molecule has 0 amide bonds. The fourth-order valence-electron chi connectivity index (χ4n) is 2.49. The molecule has 18 heavy (non-hydrogen) atoms. The zero-order chi connectivity index (χ0) is 12.6. The van der Waals surface area contributed by atoms with Crippen LogP contribution in [0.2, 0.25) is 0 Å². The van der Waals surface area contributed by atoms with E-state index in [0.717, 1.165) is 13.1 Å². The van der Waals surface area contributed by atoms with Gasteiger partial charge in [-0.05, 0) is 30.8 Å². The summed E-state index contributed by atoms with van der Waals surface area (Å²) in [6.45, 7) is 6.74. The highest BCUT2D eigenvalue weighted by Gasteiger charge is 2.20. The molecule has 1 aliphatic heterocycles. The van der Waals surface area contributed by atoms with Crippen LogP contribution in [0.5, 0.6) is 0 Å². The Labute approximate surface area is 115 Å². The summed E-state index contributed by atoms with van der Waals surface area (Å²) in [4.78, 5) is 2.65. The highest BCUT2D eigenvalue weighted by molar-refractivity contribution is 7.99. The fraction of sp³-hybridized carbons (Fsp3) is 0.600. The number of benzene rings is 1. The zero-order valence-corrected chi connectivity index (χ0v) is 12.1. The summed E-state index contributed by atoms with van der Waals surface area (Å²) >= 11 is 2.09. The van der Waals surface area contributed by atoms with Crippen molar-refractivity contribution >= 4 is 11.8 Å². The maximum atomic E-state index is 3.52. The zero-order valence-electron chi connectivity index (χ0n) is 11.3. The molecule has 2 nitrogen and oxygen atoms in total. The molecule has 0 radical (unpaired) electrons. The van der Waals surface area contributed by atoms with Gasteiger partial charge in [-0.25, -0.2) is 0 Å². The van der Waals surface area contributed by atoms with Crippen molar-refractivity contribution in [3.8, 4) is 0 Å².